The third-order valence-corrected chi connectivity index (χ3v) is 4.52. The Kier molecular flexibility index (Phi) is 4.69. The van der Waals surface area contributed by atoms with Gasteiger partial charge in [0.2, 0.25) is 5.91 Å². The van der Waals surface area contributed by atoms with Crippen molar-refractivity contribution < 1.29 is 9.59 Å². The molecule has 0 aliphatic carbocycles. The molecule has 0 saturated heterocycles. The number of benzene rings is 1. The molecule has 2 amide bonds. The zero-order valence-corrected chi connectivity index (χ0v) is 14.1. The standard InChI is InChI=1S/C19H23N3O2/c1-3-13(2)21-18(23)10-16-11-20-19(24)17-9-15(12-22(16)17)14-7-5-4-6-8-14/h4-9,12-13,16H,3,10-11H2,1-2H3,(H,20,24)(H,21,23). The van der Waals surface area contributed by atoms with Crippen LogP contribution in [0.3, 0.4) is 0 Å². The minimum absolute atomic E-state index is 0.0198. The average Bonchev–Trinajstić information content (AvgIpc) is 3.04. The van der Waals surface area contributed by atoms with Crippen molar-refractivity contribution in [1.29, 1.82) is 0 Å². The first-order valence-electron chi connectivity index (χ1n) is 8.43. The van der Waals surface area contributed by atoms with Crippen molar-refractivity contribution in [2.24, 2.45) is 0 Å². The maximum atomic E-state index is 12.2. The van der Waals surface area contributed by atoms with Gasteiger partial charge in [-0.3, -0.25) is 9.59 Å². The van der Waals surface area contributed by atoms with Gasteiger partial charge in [0.15, 0.2) is 0 Å². The minimum atomic E-state index is -0.0873. The molecule has 1 aliphatic rings. The zero-order valence-electron chi connectivity index (χ0n) is 14.1. The van der Waals surface area contributed by atoms with Crippen molar-refractivity contribution in [3.8, 4) is 11.1 Å². The van der Waals surface area contributed by atoms with Crippen molar-refractivity contribution in [2.75, 3.05) is 6.54 Å². The summed E-state index contributed by atoms with van der Waals surface area (Å²) in [7, 11) is 0. The molecule has 24 heavy (non-hydrogen) atoms. The van der Waals surface area contributed by atoms with E-state index in [1.54, 1.807) is 0 Å². The smallest absolute Gasteiger partial charge is 0.268 e. The quantitative estimate of drug-likeness (QED) is 0.888. The van der Waals surface area contributed by atoms with Crippen molar-refractivity contribution >= 4 is 11.8 Å². The van der Waals surface area contributed by atoms with E-state index in [1.807, 2.05) is 61.0 Å². The van der Waals surface area contributed by atoms with Gasteiger partial charge in [-0.15, -0.1) is 0 Å². The van der Waals surface area contributed by atoms with Crippen LogP contribution in [0.2, 0.25) is 0 Å². The summed E-state index contributed by atoms with van der Waals surface area (Å²) in [6.45, 7) is 4.51. The number of rotatable bonds is 5. The van der Waals surface area contributed by atoms with E-state index >= 15 is 0 Å². The number of hydrogen-bond donors (Lipinski definition) is 2. The molecule has 2 aromatic rings. The molecule has 2 N–H and O–H groups in total. The molecule has 3 rings (SSSR count). The first kappa shape index (κ1) is 16.3. The van der Waals surface area contributed by atoms with Crippen LogP contribution in [0, 0.1) is 0 Å². The van der Waals surface area contributed by atoms with Gasteiger partial charge in [0.05, 0.1) is 6.04 Å². The number of carbonyl (C=O) groups excluding carboxylic acids is 2. The molecule has 0 fully saturated rings. The predicted molar refractivity (Wildman–Crippen MR) is 93.8 cm³/mol. The van der Waals surface area contributed by atoms with Crippen LogP contribution in [-0.2, 0) is 4.79 Å². The van der Waals surface area contributed by atoms with Crippen LogP contribution in [0.25, 0.3) is 11.1 Å². The highest BCUT2D eigenvalue weighted by Crippen LogP contribution is 2.27. The van der Waals surface area contributed by atoms with Crippen molar-refractivity contribution in [3.63, 3.8) is 0 Å². The van der Waals surface area contributed by atoms with Gasteiger partial charge in [0, 0.05) is 30.8 Å². The van der Waals surface area contributed by atoms with E-state index in [0.29, 0.717) is 18.7 Å². The Labute approximate surface area is 142 Å². The second-order valence-electron chi connectivity index (χ2n) is 6.33. The average molecular weight is 325 g/mol. The van der Waals surface area contributed by atoms with E-state index in [2.05, 4.69) is 10.6 Å². The third-order valence-electron chi connectivity index (χ3n) is 4.52. The summed E-state index contributed by atoms with van der Waals surface area (Å²) >= 11 is 0. The molecule has 126 valence electrons. The predicted octanol–water partition coefficient (Wildman–Crippen LogP) is 2.74. The summed E-state index contributed by atoms with van der Waals surface area (Å²) in [5.41, 5.74) is 2.67. The Morgan fingerprint density at radius 3 is 2.79 bits per heavy atom. The largest absolute Gasteiger partial charge is 0.354 e. The van der Waals surface area contributed by atoms with Crippen molar-refractivity contribution in [2.45, 2.75) is 38.8 Å². The molecule has 2 atom stereocenters. The number of carbonyl (C=O) groups is 2. The van der Waals surface area contributed by atoms with Gasteiger partial charge in [-0.25, -0.2) is 0 Å². The summed E-state index contributed by atoms with van der Waals surface area (Å²) in [5.74, 6) is -0.0674. The van der Waals surface area contributed by atoms with Gasteiger partial charge in [0.25, 0.3) is 5.91 Å². The number of hydrogen-bond acceptors (Lipinski definition) is 2. The molecule has 0 bridgehead atoms. The SMILES string of the molecule is CCC(C)NC(=O)CC1CNC(=O)c2cc(-c3ccccc3)cn21. The van der Waals surface area contributed by atoms with Crippen LogP contribution in [0.5, 0.6) is 0 Å². The van der Waals surface area contributed by atoms with E-state index in [1.165, 1.54) is 0 Å². The molecule has 1 aromatic heterocycles. The van der Waals surface area contributed by atoms with Crippen LogP contribution < -0.4 is 10.6 Å². The minimum Gasteiger partial charge on any atom is -0.354 e. The van der Waals surface area contributed by atoms with Gasteiger partial charge >= 0.3 is 0 Å². The molecule has 1 aliphatic heterocycles. The fraction of sp³-hybridized carbons (Fsp3) is 0.368. The van der Waals surface area contributed by atoms with Crippen molar-refractivity contribution in [3.05, 3.63) is 48.3 Å². The van der Waals surface area contributed by atoms with Gasteiger partial charge in [-0.2, -0.15) is 0 Å². The Balaban J connectivity index is 1.83. The topological polar surface area (TPSA) is 63.1 Å². The molecular formula is C19H23N3O2. The molecule has 1 aromatic carbocycles. The monoisotopic (exact) mass is 325 g/mol. The first-order chi connectivity index (χ1) is 11.6. The maximum Gasteiger partial charge on any atom is 0.268 e. The molecule has 2 unspecified atom stereocenters. The second-order valence-corrected chi connectivity index (χ2v) is 6.33. The Morgan fingerprint density at radius 1 is 1.33 bits per heavy atom. The van der Waals surface area contributed by atoms with Gasteiger partial charge in [-0.05, 0) is 25.0 Å². The van der Waals surface area contributed by atoms with Gasteiger partial charge < -0.3 is 15.2 Å². The lowest BCUT2D eigenvalue weighted by atomic mass is 10.1. The molecule has 5 nitrogen and oxygen atoms in total. The molecular weight excluding hydrogens is 302 g/mol. The van der Waals surface area contributed by atoms with E-state index in [4.69, 9.17) is 0 Å². The molecule has 0 radical (unpaired) electrons. The third kappa shape index (κ3) is 3.35. The Hall–Kier alpha value is -2.56. The second kappa shape index (κ2) is 6.91. The van der Waals surface area contributed by atoms with Crippen LogP contribution >= 0.6 is 0 Å². The lowest BCUT2D eigenvalue weighted by molar-refractivity contribution is -0.122. The zero-order chi connectivity index (χ0) is 17.1. The molecule has 0 saturated carbocycles. The molecule has 0 spiro atoms. The number of aromatic nitrogens is 1. The highest BCUT2D eigenvalue weighted by Gasteiger charge is 2.27. The number of fused-ring (bicyclic) bond motifs is 1. The van der Waals surface area contributed by atoms with Gasteiger partial charge in [0.1, 0.15) is 5.69 Å². The summed E-state index contributed by atoms with van der Waals surface area (Å²) < 4.78 is 1.94. The fourth-order valence-corrected chi connectivity index (χ4v) is 2.97. The summed E-state index contributed by atoms with van der Waals surface area (Å²) in [5, 5.41) is 5.88. The number of amides is 2. The number of nitrogens with one attached hydrogen (secondary N) is 2. The summed E-state index contributed by atoms with van der Waals surface area (Å²) in [6, 6.07) is 12.0. The van der Waals surface area contributed by atoms with Gasteiger partial charge in [-0.1, -0.05) is 37.3 Å². The summed E-state index contributed by atoms with van der Waals surface area (Å²) in [6.07, 6.45) is 3.24. The van der Waals surface area contributed by atoms with E-state index in [0.717, 1.165) is 17.5 Å². The van der Waals surface area contributed by atoms with Crippen LogP contribution in [-0.4, -0.2) is 29.0 Å². The highest BCUT2D eigenvalue weighted by atomic mass is 16.2. The molecule has 2 heterocycles. The lowest BCUT2D eigenvalue weighted by Gasteiger charge is -2.26. The van der Waals surface area contributed by atoms with Crippen LogP contribution in [0.15, 0.2) is 42.6 Å². The highest BCUT2D eigenvalue weighted by molar-refractivity contribution is 5.95. The Bertz CT molecular complexity index is 736. The fourth-order valence-electron chi connectivity index (χ4n) is 2.97. The molecule has 5 heteroatoms. The van der Waals surface area contributed by atoms with E-state index < -0.39 is 0 Å². The normalized spacial score (nSPS) is 17.8. The van der Waals surface area contributed by atoms with E-state index in [9.17, 15) is 9.59 Å². The van der Waals surface area contributed by atoms with E-state index in [-0.39, 0.29) is 23.9 Å². The first-order valence-corrected chi connectivity index (χ1v) is 8.43. The van der Waals surface area contributed by atoms with Crippen LogP contribution in [0.4, 0.5) is 0 Å². The van der Waals surface area contributed by atoms with Crippen LogP contribution in [0.1, 0.15) is 43.2 Å². The number of nitrogens with zero attached hydrogens (tertiary/aromatic N) is 1. The Morgan fingerprint density at radius 2 is 2.08 bits per heavy atom. The summed E-state index contributed by atoms with van der Waals surface area (Å²) in [4.78, 5) is 24.4. The lowest BCUT2D eigenvalue weighted by Crippen LogP contribution is -2.41. The maximum absolute atomic E-state index is 12.2. The van der Waals surface area contributed by atoms with Crippen molar-refractivity contribution in [1.82, 2.24) is 15.2 Å².